The quantitative estimate of drug-likeness (QED) is 0.817. The summed E-state index contributed by atoms with van der Waals surface area (Å²) >= 11 is 0. The van der Waals surface area contributed by atoms with Crippen molar-refractivity contribution in [3.05, 3.63) is 24.3 Å². The van der Waals surface area contributed by atoms with E-state index in [1.165, 1.54) is 0 Å². The average molecular weight is 264 g/mol. The Morgan fingerprint density at radius 3 is 2.84 bits per heavy atom. The average Bonchev–Trinajstić information content (AvgIpc) is 2.90. The van der Waals surface area contributed by atoms with E-state index in [4.69, 9.17) is 15.2 Å². The van der Waals surface area contributed by atoms with Crippen LogP contribution in [0.1, 0.15) is 19.3 Å². The standard InChI is InChI=1S/C14H20N2O3/c15-7-9-19-12-5-3-11(4-6-12)16-14(17)10-13-2-1-8-18-13/h3-6,13H,1-2,7-10,15H2,(H,16,17). The Morgan fingerprint density at radius 1 is 1.42 bits per heavy atom. The molecular formula is C14H20N2O3. The SMILES string of the molecule is NCCOc1ccc(NC(=O)CC2CCCO2)cc1. The van der Waals surface area contributed by atoms with Crippen LogP contribution in [0.5, 0.6) is 5.75 Å². The van der Waals surface area contributed by atoms with Crippen molar-refractivity contribution in [1.82, 2.24) is 0 Å². The van der Waals surface area contributed by atoms with Gasteiger partial charge in [-0.2, -0.15) is 0 Å². The number of carbonyl (C=O) groups is 1. The van der Waals surface area contributed by atoms with Crippen LogP contribution >= 0.6 is 0 Å². The second-order valence-corrected chi connectivity index (χ2v) is 4.55. The van der Waals surface area contributed by atoms with Crippen LogP contribution in [-0.4, -0.2) is 31.8 Å². The number of carbonyl (C=O) groups excluding carboxylic acids is 1. The maximum Gasteiger partial charge on any atom is 0.226 e. The number of anilines is 1. The zero-order valence-corrected chi connectivity index (χ0v) is 10.9. The second-order valence-electron chi connectivity index (χ2n) is 4.55. The van der Waals surface area contributed by atoms with Gasteiger partial charge < -0.3 is 20.5 Å². The smallest absolute Gasteiger partial charge is 0.226 e. The molecule has 1 amide bonds. The van der Waals surface area contributed by atoms with Gasteiger partial charge in [0.25, 0.3) is 0 Å². The first-order valence-electron chi connectivity index (χ1n) is 6.62. The molecule has 1 aromatic carbocycles. The van der Waals surface area contributed by atoms with E-state index in [1.54, 1.807) is 0 Å². The van der Waals surface area contributed by atoms with E-state index in [9.17, 15) is 4.79 Å². The molecule has 5 nitrogen and oxygen atoms in total. The highest BCUT2D eigenvalue weighted by Gasteiger charge is 2.18. The Kier molecular flexibility index (Phi) is 5.18. The normalized spacial score (nSPS) is 18.3. The van der Waals surface area contributed by atoms with Gasteiger partial charge >= 0.3 is 0 Å². The van der Waals surface area contributed by atoms with Crippen molar-refractivity contribution < 1.29 is 14.3 Å². The van der Waals surface area contributed by atoms with Crippen LogP contribution in [0.2, 0.25) is 0 Å². The summed E-state index contributed by atoms with van der Waals surface area (Å²) < 4.78 is 10.8. The molecule has 0 radical (unpaired) electrons. The maximum atomic E-state index is 11.8. The van der Waals surface area contributed by atoms with Crippen LogP contribution in [0.4, 0.5) is 5.69 Å². The summed E-state index contributed by atoms with van der Waals surface area (Å²) in [6, 6.07) is 7.27. The van der Waals surface area contributed by atoms with Crippen molar-refractivity contribution in [2.24, 2.45) is 5.73 Å². The van der Waals surface area contributed by atoms with Crippen molar-refractivity contribution in [3.8, 4) is 5.75 Å². The first-order chi connectivity index (χ1) is 9.28. The Hall–Kier alpha value is -1.59. The van der Waals surface area contributed by atoms with E-state index in [2.05, 4.69) is 5.32 Å². The number of nitrogens with two attached hydrogens (primary N) is 1. The molecule has 1 aliphatic rings. The van der Waals surface area contributed by atoms with Crippen molar-refractivity contribution in [2.45, 2.75) is 25.4 Å². The third-order valence-corrected chi connectivity index (χ3v) is 2.96. The summed E-state index contributed by atoms with van der Waals surface area (Å²) in [7, 11) is 0. The molecule has 5 heteroatoms. The zero-order chi connectivity index (χ0) is 13.5. The first kappa shape index (κ1) is 13.8. The molecule has 1 unspecified atom stereocenters. The molecule has 19 heavy (non-hydrogen) atoms. The van der Waals surface area contributed by atoms with Gasteiger partial charge in [-0.3, -0.25) is 4.79 Å². The predicted octanol–water partition coefficient (Wildman–Crippen LogP) is 1.53. The van der Waals surface area contributed by atoms with Crippen LogP contribution in [0, 0.1) is 0 Å². The molecule has 1 aromatic rings. The lowest BCUT2D eigenvalue weighted by molar-refractivity contribution is -0.118. The highest BCUT2D eigenvalue weighted by molar-refractivity contribution is 5.91. The first-order valence-corrected chi connectivity index (χ1v) is 6.62. The fourth-order valence-corrected chi connectivity index (χ4v) is 2.04. The largest absolute Gasteiger partial charge is 0.492 e. The summed E-state index contributed by atoms with van der Waals surface area (Å²) in [6.07, 6.45) is 2.52. The minimum Gasteiger partial charge on any atom is -0.492 e. The van der Waals surface area contributed by atoms with Gasteiger partial charge in [0.15, 0.2) is 0 Å². The summed E-state index contributed by atoms with van der Waals surface area (Å²) in [4.78, 5) is 11.8. The number of benzene rings is 1. The van der Waals surface area contributed by atoms with E-state index in [1.807, 2.05) is 24.3 Å². The van der Waals surface area contributed by atoms with Gasteiger partial charge in [-0.05, 0) is 37.1 Å². The van der Waals surface area contributed by atoms with E-state index in [-0.39, 0.29) is 12.0 Å². The van der Waals surface area contributed by atoms with Crippen molar-refractivity contribution in [3.63, 3.8) is 0 Å². The van der Waals surface area contributed by atoms with Gasteiger partial charge in [0, 0.05) is 18.8 Å². The van der Waals surface area contributed by atoms with E-state index < -0.39 is 0 Å². The van der Waals surface area contributed by atoms with Gasteiger partial charge in [0.05, 0.1) is 12.5 Å². The number of hydrogen-bond donors (Lipinski definition) is 2. The van der Waals surface area contributed by atoms with Crippen molar-refractivity contribution in [1.29, 1.82) is 0 Å². The predicted molar refractivity (Wildman–Crippen MR) is 73.2 cm³/mol. The molecule has 2 rings (SSSR count). The van der Waals surface area contributed by atoms with Crippen LogP contribution in [0.3, 0.4) is 0 Å². The number of nitrogens with one attached hydrogen (secondary N) is 1. The number of ether oxygens (including phenoxy) is 2. The molecule has 3 N–H and O–H groups in total. The third-order valence-electron chi connectivity index (χ3n) is 2.96. The van der Waals surface area contributed by atoms with Crippen LogP contribution in [0.25, 0.3) is 0 Å². The maximum absolute atomic E-state index is 11.8. The molecule has 0 aliphatic carbocycles. The minimum atomic E-state index is -0.0115. The Morgan fingerprint density at radius 2 is 2.21 bits per heavy atom. The van der Waals surface area contributed by atoms with Crippen molar-refractivity contribution >= 4 is 11.6 Å². The van der Waals surface area contributed by atoms with Gasteiger partial charge in [-0.1, -0.05) is 0 Å². The molecule has 0 spiro atoms. The molecule has 1 atom stereocenters. The fraction of sp³-hybridized carbons (Fsp3) is 0.500. The molecular weight excluding hydrogens is 244 g/mol. The summed E-state index contributed by atoms with van der Waals surface area (Å²) in [6.45, 7) is 1.75. The van der Waals surface area contributed by atoms with Gasteiger partial charge in [-0.25, -0.2) is 0 Å². The van der Waals surface area contributed by atoms with Crippen LogP contribution in [-0.2, 0) is 9.53 Å². The summed E-state index contributed by atoms with van der Waals surface area (Å²) in [5.74, 6) is 0.741. The number of hydrogen-bond acceptors (Lipinski definition) is 4. The van der Waals surface area contributed by atoms with Crippen LogP contribution < -0.4 is 15.8 Å². The molecule has 1 saturated heterocycles. The van der Waals surface area contributed by atoms with E-state index >= 15 is 0 Å². The second kappa shape index (κ2) is 7.11. The summed E-state index contributed by atoms with van der Waals surface area (Å²) in [5, 5.41) is 2.85. The fourth-order valence-electron chi connectivity index (χ4n) is 2.04. The lowest BCUT2D eigenvalue weighted by Gasteiger charge is -2.10. The van der Waals surface area contributed by atoms with Crippen molar-refractivity contribution in [2.75, 3.05) is 25.1 Å². The highest BCUT2D eigenvalue weighted by Crippen LogP contribution is 2.18. The topological polar surface area (TPSA) is 73.6 Å². The Bertz CT molecular complexity index is 400. The van der Waals surface area contributed by atoms with Gasteiger partial charge in [0.1, 0.15) is 12.4 Å². The lowest BCUT2D eigenvalue weighted by atomic mass is 10.2. The number of rotatable bonds is 6. The monoisotopic (exact) mass is 264 g/mol. The molecule has 0 saturated carbocycles. The minimum absolute atomic E-state index is 0.0115. The van der Waals surface area contributed by atoms with Gasteiger partial charge in [0.2, 0.25) is 5.91 Å². The molecule has 1 fully saturated rings. The molecule has 1 aliphatic heterocycles. The highest BCUT2D eigenvalue weighted by atomic mass is 16.5. The van der Waals surface area contributed by atoms with Crippen LogP contribution in [0.15, 0.2) is 24.3 Å². The van der Waals surface area contributed by atoms with E-state index in [0.29, 0.717) is 19.6 Å². The molecule has 104 valence electrons. The Labute approximate surface area is 113 Å². The van der Waals surface area contributed by atoms with Gasteiger partial charge in [-0.15, -0.1) is 0 Å². The molecule has 0 bridgehead atoms. The molecule has 0 aromatic heterocycles. The Balaban J connectivity index is 1.79. The third kappa shape index (κ3) is 4.54. The number of amides is 1. The summed E-state index contributed by atoms with van der Waals surface area (Å²) in [5.41, 5.74) is 6.12. The zero-order valence-electron chi connectivity index (χ0n) is 10.9. The molecule has 1 heterocycles. The van der Waals surface area contributed by atoms with E-state index in [0.717, 1.165) is 30.9 Å². The lowest BCUT2D eigenvalue weighted by Crippen LogP contribution is -2.19.